The highest BCUT2D eigenvalue weighted by Gasteiger charge is 2.25. The van der Waals surface area contributed by atoms with E-state index in [2.05, 4.69) is 11.0 Å². The van der Waals surface area contributed by atoms with Crippen molar-refractivity contribution in [2.45, 2.75) is 65.3 Å². The average molecular weight is 250 g/mol. The van der Waals surface area contributed by atoms with E-state index in [0.29, 0.717) is 18.2 Å². The molecule has 3 nitrogen and oxygen atoms in total. The van der Waals surface area contributed by atoms with Gasteiger partial charge in [-0.2, -0.15) is 5.26 Å². The number of Topliss-reactive ketones (excluding diaryl/α,β-unsaturated/α-hetero) is 1. The van der Waals surface area contributed by atoms with E-state index in [0.717, 1.165) is 32.4 Å². The minimum absolute atomic E-state index is 0.191. The van der Waals surface area contributed by atoms with Crippen LogP contribution in [-0.2, 0) is 4.79 Å². The zero-order valence-corrected chi connectivity index (χ0v) is 12.0. The molecule has 18 heavy (non-hydrogen) atoms. The topological polar surface area (TPSA) is 44.1 Å². The van der Waals surface area contributed by atoms with Gasteiger partial charge in [-0.25, -0.2) is 0 Å². The van der Waals surface area contributed by atoms with Crippen LogP contribution in [0.5, 0.6) is 0 Å². The summed E-state index contributed by atoms with van der Waals surface area (Å²) in [6, 6.07) is 2.82. The second-order valence-electron chi connectivity index (χ2n) is 6.19. The van der Waals surface area contributed by atoms with Crippen LogP contribution in [0, 0.1) is 16.7 Å². The maximum absolute atomic E-state index is 11.2. The first-order valence-electron chi connectivity index (χ1n) is 7.09. The Morgan fingerprint density at radius 2 is 2.17 bits per heavy atom. The normalized spacial score (nSPS) is 20.9. The molecule has 0 aliphatic carbocycles. The molecule has 0 amide bonds. The van der Waals surface area contributed by atoms with Crippen LogP contribution in [0.3, 0.4) is 0 Å². The van der Waals surface area contributed by atoms with Gasteiger partial charge in [0.25, 0.3) is 0 Å². The Hall–Kier alpha value is -0.880. The lowest BCUT2D eigenvalue weighted by atomic mass is 9.89. The molecule has 1 heterocycles. The second-order valence-corrected chi connectivity index (χ2v) is 6.19. The summed E-state index contributed by atoms with van der Waals surface area (Å²) in [7, 11) is 0. The smallest absolute Gasteiger partial charge is 0.131 e. The number of rotatable bonds is 7. The van der Waals surface area contributed by atoms with Crippen molar-refractivity contribution < 1.29 is 4.79 Å². The van der Waals surface area contributed by atoms with Gasteiger partial charge >= 0.3 is 0 Å². The maximum atomic E-state index is 11.2. The number of carbonyl (C=O) groups is 1. The monoisotopic (exact) mass is 250 g/mol. The molecule has 0 bridgehead atoms. The van der Waals surface area contributed by atoms with Gasteiger partial charge in [-0.1, -0.05) is 6.42 Å². The number of hydrogen-bond donors (Lipinski definition) is 0. The fourth-order valence-corrected chi connectivity index (χ4v) is 2.69. The molecule has 1 aliphatic rings. The van der Waals surface area contributed by atoms with E-state index in [9.17, 15) is 4.79 Å². The van der Waals surface area contributed by atoms with Crippen LogP contribution in [0.15, 0.2) is 0 Å². The first-order chi connectivity index (χ1) is 8.44. The van der Waals surface area contributed by atoms with E-state index >= 15 is 0 Å². The van der Waals surface area contributed by atoms with Crippen molar-refractivity contribution in [1.29, 1.82) is 5.26 Å². The number of ketones is 1. The summed E-state index contributed by atoms with van der Waals surface area (Å²) in [6.45, 7) is 7.91. The van der Waals surface area contributed by atoms with Gasteiger partial charge in [-0.05, 0) is 59.5 Å². The molecule has 3 heteroatoms. The summed E-state index contributed by atoms with van der Waals surface area (Å²) >= 11 is 0. The number of likely N-dealkylation sites (tertiary alicyclic amines) is 1. The molecule has 1 aliphatic heterocycles. The van der Waals surface area contributed by atoms with E-state index < -0.39 is 0 Å². The number of nitrogens with zero attached hydrogens (tertiary/aromatic N) is 2. The Kier molecular flexibility index (Phi) is 5.81. The molecule has 1 saturated heterocycles. The van der Waals surface area contributed by atoms with Crippen LogP contribution >= 0.6 is 0 Å². The highest BCUT2D eigenvalue weighted by molar-refractivity contribution is 5.76. The lowest BCUT2D eigenvalue weighted by Gasteiger charge is -2.24. The van der Waals surface area contributed by atoms with E-state index in [1.807, 2.05) is 13.8 Å². The van der Waals surface area contributed by atoms with E-state index in [-0.39, 0.29) is 5.41 Å². The van der Waals surface area contributed by atoms with Gasteiger partial charge in [0.1, 0.15) is 5.78 Å². The molecule has 0 aromatic heterocycles. The quantitative estimate of drug-likeness (QED) is 0.652. The standard InChI is InChI=1S/C15H26N2O/c1-13(18)11-14-7-6-10-17(14)9-5-4-8-15(2,3)12-16/h14H,4-11H2,1-3H3. The van der Waals surface area contributed by atoms with Crippen molar-refractivity contribution in [3.8, 4) is 6.07 Å². The minimum Gasteiger partial charge on any atom is -0.300 e. The van der Waals surface area contributed by atoms with Gasteiger partial charge in [-0.3, -0.25) is 9.69 Å². The SMILES string of the molecule is CC(=O)CC1CCCN1CCCCC(C)(C)C#N. The Morgan fingerprint density at radius 3 is 2.78 bits per heavy atom. The van der Waals surface area contributed by atoms with E-state index in [4.69, 9.17) is 5.26 Å². The third kappa shape index (κ3) is 5.18. The first-order valence-corrected chi connectivity index (χ1v) is 7.09. The summed E-state index contributed by atoms with van der Waals surface area (Å²) in [4.78, 5) is 13.6. The first kappa shape index (κ1) is 15.2. The van der Waals surface area contributed by atoms with E-state index in [1.165, 1.54) is 12.8 Å². The molecule has 102 valence electrons. The molecule has 0 radical (unpaired) electrons. The van der Waals surface area contributed by atoms with Gasteiger partial charge in [0.05, 0.1) is 11.5 Å². The third-order valence-corrected chi connectivity index (χ3v) is 3.82. The Morgan fingerprint density at radius 1 is 1.44 bits per heavy atom. The highest BCUT2D eigenvalue weighted by Crippen LogP contribution is 2.24. The van der Waals surface area contributed by atoms with Gasteiger partial charge in [0, 0.05) is 12.5 Å². The Bertz CT molecular complexity index is 317. The van der Waals surface area contributed by atoms with Gasteiger partial charge in [-0.15, -0.1) is 0 Å². The molecule has 0 spiro atoms. The largest absolute Gasteiger partial charge is 0.300 e. The Balaban J connectivity index is 2.23. The zero-order chi connectivity index (χ0) is 13.6. The molecule has 0 aromatic rings. The number of hydrogen-bond acceptors (Lipinski definition) is 3. The summed E-state index contributed by atoms with van der Waals surface area (Å²) in [5.74, 6) is 0.303. The van der Waals surface area contributed by atoms with Crippen molar-refractivity contribution >= 4 is 5.78 Å². The lowest BCUT2D eigenvalue weighted by molar-refractivity contribution is -0.118. The molecule has 1 atom stereocenters. The average Bonchev–Trinajstić information content (AvgIpc) is 2.71. The fourth-order valence-electron chi connectivity index (χ4n) is 2.69. The minimum atomic E-state index is -0.191. The summed E-state index contributed by atoms with van der Waals surface area (Å²) < 4.78 is 0. The van der Waals surface area contributed by atoms with Gasteiger partial charge in [0.15, 0.2) is 0 Å². The summed E-state index contributed by atoms with van der Waals surface area (Å²) in [6.07, 6.45) is 6.31. The van der Waals surface area contributed by atoms with Crippen LogP contribution < -0.4 is 0 Å². The van der Waals surface area contributed by atoms with Crippen LogP contribution in [-0.4, -0.2) is 29.8 Å². The molecular weight excluding hydrogens is 224 g/mol. The van der Waals surface area contributed by atoms with Crippen molar-refractivity contribution in [3.05, 3.63) is 0 Å². The van der Waals surface area contributed by atoms with Crippen molar-refractivity contribution in [1.82, 2.24) is 4.90 Å². The highest BCUT2D eigenvalue weighted by atomic mass is 16.1. The zero-order valence-electron chi connectivity index (χ0n) is 12.0. The second kappa shape index (κ2) is 6.89. The number of unbranched alkanes of at least 4 members (excludes halogenated alkanes) is 1. The molecule has 0 N–H and O–H groups in total. The molecule has 1 unspecified atom stereocenters. The maximum Gasteiger partial charge on any atom is 0.131 e. The van der Waals surface area contributed by atoms with Gasteiger partial charge in [0.2, 0.25) is 0 Å². The predicted molar refractivity (Wildman–Crippen MR) is 73.1 cm³/mol. The summed E-state index contributed by atoms with van der Waals surface area (Å²) in [5, 5.41) is 8.95. The van der Waals surface area contributed by atoms with Crippen LogP contribution in [0.4, 0.5) is 0 Å². The lowest BCUT2D eigenvalue weighted by Crippen LogP contribution is -2.31. The molecule has 1 rings (SSSR count). The fraction of sp³-hybridized carbons (Fsp3) is 0.867. The van der Waals surface area contributed by atoms with E-state index in [1.54, 1.807) is 6.92 Å². The predicted octanol–water partition coefficient (Wildman–Crippen LogP) is 3.15. The van der Waals surface area contributed by atoms with Crippen molar-refractivity contribution in [3.63, 3.8) is 0 Å². The third-order valence-electron chi connectivity index (χ3n) is 3.82. The van der Waals surface area contributed by atoms with Crippen molar-refractivity contribution in [2.24, 2.45) is 5.41 Å². The molecular formula is C15H26N2O. The molecule has 0 aromatic carbocycles. The molecule has 1 fully saturated rings. The van der Waals surface area contributed by atoms with Gasteiger partial charge < -0.3 is 0 Å². The van der Waals surface area contributed by atoms with Crippen LogP contribution in [0.25, 0.3) is 0 Å². The number of carbonyl (C=O) groups excluding carboxylic acids is 1. The van der Waals surface area contributed by atoms with Crippen LogP contribution in [0.1, 0.15) is 59.3 Å². The van der Waals surface area contributed by atoms with Crippen LogP contribution in [0.2, 0.25) is 0 Å². The summed E-state index contributed by atoms with van der Waals surface area (Å²) in [5.41, 5.74) is -0.191. The number of nitriles is 1. The Labute approximate surface area is 111 Å². The molecule has 0 saturated carbocycles. The van der Waals surface area contributed by atoms with Crippen molar-refractivity contribution in [2.75, 3.05) is 13.1 Å².